The normalized spacial score (nSPS) is 17.7. The van der Waals surface area contributed by atoms with Crippen LogP contribution in [0.25, 0.3) is 0 Å². The number of hydrogen-bond donors (Lipinski definition) is 1. The first-order valence-corrected chi connectivity index (χ1v) is 8.51. The molecule has 2 aliphatic rings. The maximum Gasteiger partial charge on any atom is 0.254 e. The predicted molar refractivity (Wildman–Crippen MR) is 89.9 cm³/mol. The molecule has 1 aromatic carbocycles. The molecule has 1 aromatic rings. The number of carbonyl (C=O) groups is 2. The van der Waals surface area contributed by atoms with Crippen molar-refractivity contribution in [3.8, 4) is 0 Å². The molecule has 1 N–H and O–H groups in total. The van der Waals surface area contributed by atoms with Crippen LogP contribution in [0.15, 0.2) is 36.9 Å². The van der Waals surface area contributed by atoms with Crippen LogP contribution in [0, 0.1) is 0 Å². The summed E-state index contributed by atoms with van der Waals surface area (Å²) in [6.45, 7) is 3.88. The number of hydrogen-bond acceptors (Lipinski definition) is 2. The van der Waals surface area contributed by atoms with E-state index in [9.17, 15) is 9.59 Å². The largest absolute Gasteiger partial charge is 0.348 e. The monoisotopic (exact) mass is 312 g/mol. The molecule has 2 saturated carbocycles. The molecule has 23 heavy (non-hydrogen) atoms. The summed E-state index contributed by atoms with van der Waals surface area (Å²) in [5.41, 5.74) is 1.73. The summed E-state index contributed by atoms with van der Waals surface area (Å²) in [6.07, 6.45) is 8.32. The molecule has 0 radical (unpaired) electrons. The third-order valence-corrected chi connectivity index (χ3v) is 5.02. The average molecular weight is 312 g/mol. The lowest BCUT2D eigenvalue weighted by Crippen LogP contribution is -2.52. The van der Waals surface area contributed by atoms with Gasteiger partial charge < -0.3 is 10.2 Å². The first kappa shape index (κ1) is 15.8. The standard InChI is InChI=1S/C19H24N2O2/c1-2-18(22)20-13-14-9-11-15(12-10-14)19(23)21(16-5-3-6-16)17-7-4-8-17/h2,9-12,16-17H,1,3-8,13H2,(H,20,22). The minimum absolute atomic E-state index is 0.168. The fourth-order valence-electron chi connectivity index (χ4n) is 3.14. The molecule has 0 aliphatic heterocycles. The van der Waals surface area contributed by atoms with Gasteiger partial charge in [0.15, 0.2) is 0 Å². The lowest BCUT2D eigenvalue weighted by Gasteiger charge is -2.46. The highest BCUT2D eigenvalue weighted by molar-refractivity contribution is 5.95. The highest BCUT2D eigenvalue weighted by Gasteiger charge is 2.37. The van der Waals surface area contributed by atoms with Crippen LogP contribution >= 0.6 is 0 Å². The van der Waals surface area contributed by atoms with E-state index in [4.69, 9.17) is 0 Å². The van der Waals surface area contributed by atoms with Crippen molar-refractivity contribution in [3.05, 3.63) is 48.0 Å². The maximum atomic E-state index is 12.9. The predicted octanol–water partition coefficient (Wildman–Crippen LogP) is 3.04. The van der Waals surface area contributed by atoms with E-state index < -0.39 is 0 Å². The van der Waals surface area contributed by atoms with E-state index in [2.05, 4.69) is 16.8 Å². The maximum absolute atomic E-state index is 12.9. The van der Waals surface area contributed by atoms with Gasteiger partial charge in [-0.3, -0.25) is 9.59 Å². The number of amides is 2. The Kier molecular flexibility index (Phi) is 4.79. The first-order valence-electron chi connectivity index (χ1n) is 8.51. The summed E-state index contributed by atoms with van der Waals surface area (Å²) < 4.78 is 0. The number of rotatable bonds is 6. The van der Waals surface area contributed by atoms with Gasteiger partial charge in [-0.25, -0.2) is 0 Å². The van der Waals surface area contributed by atoms with Gasteiger partial charge >= 0.3 is 0 Å². The third kappa shape index (κ3) is 3.46. The summed E-state index contributed by atoms with van der Waals surface area (Å²) in [5.74, 6) is -0.0210. The molecule has 0 bridgehead atoms. The molecular weight excluding hydrogens is 288 g/mol. The Morgan fingerprint density at radius 2 is 1.65 bits per heavy atom. The van der Waals surface area contributed by atoms with Crippen LogP contribution in [-0.4, -0.2) is 28.8 Å². The molecule has 2 fully saturated rings. The van der Waals surface area contributed by atoms with E-state index in [1.54, 1.807) is 0 Å². The smallest absolute Gasteiger partial charge is 0.254 e. The van der Waals surface area contributed by atoms with Gasteiger partial charge in [0, 0.05) is 24.2 Å². The lowest BCUT2D eigenvalue weighted by molar-refractivity contribution is -0.116. The molecule has 3 rings (SSSR count). The topological polar surface area (TPSA) is 49.4 Å². The molecule has 0 atom stereocenters. The van der Waals surface area contributed by atoms with Crippen LogP contribution in [0.3, 0.4) is 0 Å². The van der Waals surface area contributed by atoms with E-state index in [1.807, 2.05) is 24.3 Å². The molecule has 0 saturated heterocycles. The Morgan fingerprint density at radius 3 is 2.09 bits per heavy atom. The van der Waals surface area contributed by atoms with Gasteiger partial charge in [-0.1, -0.05) is 18.7 Å². The zero-order valence-corrected chi connectivity index (χ0v) is 13.5. The fourth-order valence-corrected chi connectivity index (χ4v) is 3.14. The Morgan fingerprint density at radius 1 is 1.09 bits per heavy atom. The molecule has 0 unspecified atom stereocenters. The number of carbonyl (C=O) groups excluding carboxylic acids is 2. The number of nitrogens with one attached hydrogen (secondary N) is 1. The first-order chi connectivity index (χ1) is 11.2. The van der Waals surface area contributed by atoms with E-state index in [-0.39, 0.29) is 11.8 Å². The molecule has 122 valence electrons. The summed E-state index contributed by atoms with van der Waals surface area (Å²) in [6, 6.07) is 8.47. The van der Waals surface area contributed by atoms with Crippen molar-refractivity contribution in [2.45, 2.75) is 57.2 Å². The van der Waals surface area contributed by atoms with Crippen LogP contribution in [0.5, 0.6) is 0 Å². The van der Waals surface area contributed by atoms with Crippen LogP contribution in [0.2, 0.25) is 0 Å². The molecule has 0 heterocycles. The van der Waals surface area contributed by atoms with Crippen molar-refractivity contribution in [2.75, 3.05) is 0 Å². The molecule has 2 aliphatic carbocycles. The van der Waals surface area contributed by atoms with Gasteiger partial charge in [0.1, 0.15) is 0 Å². The quantitative estimate of drug-likeness (QED) is 0.821. The zero-order valence-electron chi connectivity index (χ0n) is 13.5. The van der Waals surface area contributed by atoms with Crippen molar-refractivity contribution < 1.29 is 9.59 Å². The lowest BCUT2D eigenvalue weighted by atomic mass is 9.84. The molecule has 4 heteroatoms. The second-order valence-corrected chi connectivity index (χ2v) is 6.50. The van der Waals surface area contributed by atoms with Gasteiger partial charge in [-0.2, -0.15) is 0 Å². The minimum atomic E-state index is -0.189. The number of benzene rings is 1. The van der Waals surface area contributed by atoms with Crippen LogP contribution in [0.1, 0.15) is 54.4 Å². The Balaban J connectivity index is 1.66. The SMILES string of the molecule is C=CC(=O)NCc1ccc(C(=O)N(C2CCC2)C2CCC2)cc1. The second kappa shape index (κ2) is 6.99. The summed E-state index contributed by atoms with van der Waals surface area (Å²) in [4.78, 5) is 26.2. The Bertz CT molecular complexity index is 572. The van der Waals surface area contributed by atoms with Gasteiger partial charge in [-0.15, -0.1) is 0 Å². The van der Waals surface area contributed by atoms with Gasteiger partial charge in [-0.05, 0) is 62.3 Å². The Labute approximate surface area is 137 Å². The van der Waals surface area contributed by atoms with Crippen molar-refractivity contribution >= 4 is 11.8 Å². The molecule has 4 nitrogen and oxygen atoms in total. The van der Waals surface area contributed by atoms with Crippen molar-refractivity contribution in [3.63, 3.8) is 0 Å². The van der Waals surface area contributed by atoms with E-state index in [0.29, 0.717) is 18.6 Å². The highest BCUT2D eigenvalue weighted by atomic mass is 16.2. The van der Waals surface area contributed by atoms with Crippen molar-refractivity contribution in [1.82, 2.24) is 10.2 Å². The number of nitrogens with zero attached hydrogens (tertiary/aromatic N) is 1. The molecular formula is C19H24N2O2. The second-order valence-electron chi connectivity index (χ2n) is 6.50. The highest BCUT2D eigenvalue weighted by Crippen LogP contribution is 2.34. The van der Waals surface area contributed by atoms with Gasteiger partial charge in [0.25, 0.3) is 5.91 Å². The Hall–Kier alpha value is -2.10. The molecule has 0 aromatic heterocycles. The van der Waals surface area contributed by atoms with Crippen molar-refractivity contribution in [1.29, 1.82) is 0 Å². The minimum Gasteiger partial charge on any atom is -0.348 e. The van der Waals surface area contributed by atoms with E-state index in [0.717, 1.165) is 36.8 Å². The van der Waals surface area contributed by atoms with E-state index >= 15 is 0 Å². The van der Waals surface area contributed by atoms with Gasteiger partial charge in [0.05, 0.1) is 0 Å². The van der Waals surface area contributed by atoms with Gasteiger partial charge in [0.2, 0.25) is 5.91 Å². The van der Waals surface area contributed by atoms with Crippen LogP contribution in [-0.2, 0) is 11.3 Å². The summed E-state index contributed by atoms with van der Waals surface area (Å²) in [7, 11) is 0. The summed E-state index contributed by atoms with van der Waals surface area (Å²) in [5, 5.41) is 2.74. The van der Waals surface area contributed by atoms with Crippen LogP contribution in [0.4, 0.5) is 0 Å². The fraction of sp³-hybridized carbons (Fsp3) is 0.474. The average Bonchev–Trinajstić information content (AvgIpc) is 2.48. The molecule has 2 amide bonds. The van der Waals surface area contributed by atoms with E-state index in [1.165, 1.54) is 18.9 Å². The summed E-state index contributed by atoms with van der Waals surface area (Å²) >= 11 is 0. The third-order valence-electron chi connectivity index (χ3n) is 5.02. The molecule has 0 spiro atoms. The van der Waals surface area contributed by atoms with Crippen molar-refractivity contribution in [2.24, 2.45) is 0 Å². The van der Waals surface area contributed by atoms with Crippen LogP contribution < -0.4 is 5.32 Å². The zero-order chi connectivity index (χ0) is 16.2.